The summed E-state index contributed by atoms with van der Waals surface area (Å²) in [4.78, 5) is 8.46. The number of methoxy groups -OCH3 is 1. The largest absolute Gasteiger partial charge is 0.497 e. The van der Waals surface area contributed by atoms with Crippen molar-refractivity contribution in [3.8, 4) is 23.1 Å². The van der Waals surface area contributed by atoms with Gasteiger partial charge >= 0.3 is 5.95 Å². The molecule has 0 saturated heterocycles. The van der Waals surface area contributed by atoms with Gasteiger partial charge < -0.3 is 14.3 Å². The Morgan fingerprint density at radius 1 is 1.22 bits per heavy atom. The highest BCUT2D eigenvalue weighted by atomic mass is 35.5. The molecule has 3 rings (SSSR count). The van der Waals surface area contributed by atoms with Crippen molar-refractivity contribution in [2.24, 2.45) is 4.99 Å². The van der Waals surface area contributed by atoms with Gasteiger partial charge in [0.2, 0.25) is 5.89 Å². The highest BCUT2D eigenvalue weighted by molar-refractivity contribution is 6.30. The second-order valence-corrected chi connectivity index (χ2v) is 5.12. The van der Waals surface area contributed by atoms with Crippen LogP contribution in [0.1, 0.15) is 5.69 Å². The van der Waals surface area contributed by atoms with Gasteiger partial charge in [-0.05, 0) is 36.4 Å². The summed E-state index contributed by atoms with van der Waals surface area (Å²) in [5, 5.41) is 10.5. The minimum atomic E-state index is -0.298. The minimum Gasteiger partial charge on any atom is -0.497 e. The molecule has 116 valence electrons. The summed E-state index contributed by atoms with van der Waals surface area (Å²) in [6.45, 7) is 0. The molecule has 0 fully saturated rings. The van der Waals surface area contributed by atoms with E-state index in [0.29, 0.717) is 22.0 Å². The van der Waals surface area contributed by atoms with Gasteiger partial charge in [-0.25, -0.2) is 4.98 Å². The molecule has 6 heteroatoms. The van der Waals surface area contributed by atoms with Crippen molar-refractivity contribution in [3.63, 3.8) is 0 Å². The van der Waals surface area contributed by atoms with Crippen LogP contribution in [0.5, 0.6) is 11.7 Å². The van der Waals surface area contributed by atoms with Crippen LogP contribution in [0.25, 0.3) is 11.5 Å². The first-order chi connectivity index (χ1) is 11.2. The molecule has 5 nitrogen and oxygen atoms in total. The van der Waals surface area contributed by atoms with Gasteiger partial charge in [-0.1, -0.05) is 23.7 Å². The van der Waals surface area contributed by atoms with Crippen LogP contribution in [0.15, 0.2) is 57.9 Å². The van der Waals surface area contributed by atoms with Crippen LogP contribution >= 0.6 is 11.6 Å². The van der Waals surface area contributed by atoms with Crippen molar-refractivity contribution in [1.82, 2.24) is 4.98 Å². The van der Waals surface area contributed by atoms with Crippen LogP contribution < -0.4 is 4.74 Å². The second-order valence-electron chi connectivity index (χ2n) is 4.68. The van der Waals surface area contributed by atoms with Crippen molar-refractivity contribution in [2.45, 2.75) is 0 Å². The molecular weight excluding hydrogens is 316 g/mol. The third-order valence-electron chi connectivity index (χ3n) is 3.10. The molecule has 0 radical (unpaired) electrons. The Morgan fingerprint density at radius 3 is 2.83 bits per heavy atom. The summed E-state index contributed by atoms with van der Waals surface area (Å²) >= 11 is 5.90. The smallest absolute Gasteiger partial charge is 0.312 e. The van der Waals surface area contributed by atoms with Crippen LogP contribution in [0.4, 0.5) is 5.69 Å². The highest BCUT2D eigenvalue weighted by Crippen LogP contribution is 2.28. The Bertz CT molecular complexity index is 859. The normalized spacial score (nSPS) is 11.0. The molecule has 23 heavy (non-hydrogen) atoms. The van der Waals surface area contributed by atoms with Crippen molar-refractivity contribution in [3.05, 3.63) is 59.2 Å². The number of hydrogen-bond acceptors (Lipinski definition) is 5. The number of nitrogens with zero attached hydrogens (tertiary/aromatic N) is 2. The van der Waals surface area contributed by atoms with Crippen molar-refractivity contribution in [1.29, 1.82) is 0 Å². The molecule has 0 bridgehead atoms. The average Bonchev–Trinajstić information content (AvgIpc) is 2.94. The van der Waals surface area contributed by atoms with E-state index in [4.69, 9.17) is 20.8 Å². The van der Waals surface area contributed by atoms with Crippen LogP contribution in [0.2, 0.25) is 5.02 Å². The zero-order chi connectivity index (χ0) is 16.2. The maximum absolute atomic E-state index is 9.87. The monoisotopic (exact) mass is 328 g/mol. The Kier molecular flexibility index (Phi) is 4.30. The predicted molar refractivity (Wildman–Crippen MR) is 88.9 cm³/mol. The van der Waals surface area contributed by atoms with Gasteiger partial charge in [0.1, 0.15) is 5.75 Å². The van der Waals surface area contributed by atoms with E-state index in [-0.39, 0.29) is 17.5 Å². The first-order valence-corrected chi connectivity index (χ1v) is 7.17. The Labute approximate surface area is 137 Å². The quantitative estimate of drug-likeness (QED) is 0.718. The van der Waals surface area contributed by atoms with Gasteiger partial charge in [0.05, 0.1) is 19.0 Å². The molecule has 0 unspecified atom stereocenters. The Morgan fingerprint density at radius 2 is 2.04 bits per heavy atom. The van der Waals surface area contributed by atoms with E-state index in [1.165, 1.54) is 6.21 Å². The molecule has 0 saturated carbocycles. The fourth-order valence-electron chi connectivity index (χ4n) is 1.98. The van der Waals surface area contributed by atoms with E-state index in [9.17, 15) is 5.11 Å². The molecule has 0 spiro atoms. The van der Waals surface area contributed by atoms with E-state index in [1.54, 1.807) is 37.4 Å². The van der Waals surface area contributed by atoms with E-state index in [0.717, 1.165) is 0 Å². The zero-order valence-electron chi connectivity index (χ0n) is 12.2. The number of aromatic nitrogens is 1. The zero-order valence-corrected chi connectivity index (χ0v) is 13.0. The van der Waals surface area contributed by atoms with Gasteiger partial charge in [0, 0.05) is 10.6 Å². The van der Waals surface area contributed by atoms with Crippen LogP contribution in [-0.2, 0) is 0 Å². The topological polar surface area (TPSA) is 67.9 Å². The lowest BCUT2D eigenvalue weighted by Crippen LogP contribution is -1.85. The highest BCUT2D eigenvalue weighted by Gasteiger charge is 2.12. The molecule has 1 N–H and O–H groups in total. The van der Waals surface area contributed by atoms with E-state index in [2.05, 4.69) is 9.98 Å². The Balaban J connectivity index is 1.89. The Hall–Kier alpha value is -2.79. The molecule has 0 amide bonds. The molecule has 1 aromatic heterocycles. The predicted octanol–water partition coefficient (Wildman–Crippen LogP) is 4.46. The van der Waals surface area contributed by atoms with Crippen molar-refractivity contribution >= 4 is 23.5 Å². The summed E-state index contributed by atoms with van der Waals surface area (Å²) in [7, 11) is 1.58. The summed E-state index contributed by atoms with van der Waals surface area (Å²) in [5.74, 6) is 0.664. The first-order valence-electron chi connectivity index (χ1n) is 6.79. The fourth-order valence-corrected chi connectivity index (χ4v) is 2.16. The lowest BCUT2D eigenvalue weighted by molar-refractivity contribution is 0.336. The molecule has 0 aliphatic heterocycles. The van der Waals surface area contributed by atoms with E-state index >= 15 is 0 Å². The van der Waals surface area contributed by atoms with E-state index < -0.39 is 0 Å². The molecule has 0 aliphatic rings. The van der Waals surface area contributed by atoms with Crippen molar-refractivity contribution < 1.29 is 14.3 Å². The second kappa shape index (κ2) is 6.54. The number of aliphatic imine (C=N–C) groups is 1. The number of aromatic hydroxyl groups is 1. The lowest BCUT2D eigenvalue weighted by atomic mass is 10.2. The molecule has 3 aromatic rings. The van der Waals surface area contributed by atoms with Gasteiger partial charge in [0.25, 0.3) is 0 Å². The average molecular weight is 329 g/mol. The number of benzene rings is 2. The number of ether oxygens (including phenoxy) is 1. The molecular formula is C17H13ClN2O3. The van der Waals surface area contributed by atoms with Gasteiger partial charge in [-0.15, -0.1) is 0 Å². The van der Waals surface area contributed by atoms with Crippen LogP contribution in [0, 0.1) is 0 Å². The SMILES string of the molecule is COc1cccc(-c2nc(C=Nc3cccc(Cl)c3)c(O)o2)c1. The minimum absolute atomic E-state index is 0.239. The third kappa shape index (κ3) is 3.52. The number of rotatable bonds is 4. The third-order valence-corrected chi connectivity index (χ3v) is 3.33. The number of halogens is 1. The number of oxazole rings is 1. The van der Waals surface area contributed by atoms with Crippen LogP contribution in [-0.4, -0.2) is 23.4 Å². The molecule has 1 heterocycles. The molecule has 0 atom stereocenters. The maximum atomic E-state index is 9.87. The van der Waals surface area contributed by atoms with Crippen LogP contribution in [0.3, 0.4) is 0 Å². The number of hydrogen-bond donors (Lipinski definition) is 1. The lowest BCUT2D eigenvalue weighted by Gasteiger charge is -2.00. The maximum Gasteiger partial charge on any atom is 0.312 e. The fraction of sp³-hybridized carbons (Fsp3) is 0.0588. The van der Waals surface area contributed by atoms with Crippen molar-refractivity contribution in [2.75, 3.05) is 7.11 Å². The molecule has 0 aliphatic carbocycles. The summed E-state index contributed by atoms with van der Waals surface area (Å²) < 4.78 is 10.4. The van der Waals surface area contributed by atoms with E-state index in [1.807, 2.05) is 18.2 Å². The van der Waals surface area contributed by atoms with Gasteiger partial charge in [-0.3, -0.25) is 4.99 Å². The summed E-state index contributed by atoms with van der Waals surface area (Å²) in [6.07, 6.45) is 1.42. The first kappa shape index (κ1) is 15.1. The van der Waals surface area contributed by atoms with Gasteiger partial charge in [0.15, 0.2) is 5.69 Å². The standard InChI is InChI=1S/C17H13ClN2O3/c1-22-14-7-2-4-11(8-14)16-20-15(17(21)23-16)10-19-13-6-3-5-12(18)9-13/h2-10,21H,1H3. The molecule has 2 aromatic carbocycles. The summed E-state index contributed by atoms with van der Waals surface area (Å²) in [5.41, 5.74) is 1.59. The van der Waals surface area contributed by atoms with Gasteiger partial charge in [-0.2, -0.15) is 0 Å². The summed E-state index contributed by atoms with van der Waals surface area (Å²) in [6, 6.07) is 14.3.